The lowest BCUT2D eigenvalue weighted by molar-refractivity contribution is -0.136. The maximum atomic E-state index is 12.4. The highest BCUT2D eigenvalue weighted by Gasteiger charge is 2.32. The first kappa shape index (κ1) is 20.4. The van der Waals surface area contributed by atoms with E-state index in [4.69, 9.17) is 5.73 Å². The summed E-state index contributed by atoms with van der Waals surface area (Å²) >= 11 is 0. The maximum absolute atomic E-state index is 12.4. The predicted molar refractivity (Wildman–Crippen MR) is 101 cm³/mol. The Morgan fingerprint density at radius 2 is 2.00 bits per heavy atom. The van der Waals surface area contributed by atoms with Gasteiger partial charge in [0.2, 0.25) is 5.91 Å². The molecule has 2 aromatic rings. The molecule has 0 saturated carbocycles. The minimum atomic E-state index is -0.903. The lowest BCUT2D eigenvalue weighted by Gasteiger charge is -2.34. The Kier molecular flexibility index (Phi) is 6.75. The van der Waals surface area contributed by atoms with E-state index in [-0.39, 0.29) is 24.4 Å². The summed E-state index contributed by atoms with van der Waals surface area (Å²) in [6.07, 6.45) is 0.841. The van der Waals surface area contributed by atoms with Crippen molar-refractivity contribution in [1.82, 2.24) is 19.7 Å². The van der Waals surface area contributed by atoms with Gasteiger partial charge in [-0.25, -0.2) is 0 Å². The summed E-state index contributed by atoms with van der Waals surface area (Å²) in [5, 5.41) is 18.2. The van der Waals surface area contributed by atoms with E-state index in [0.29, 0.717) is 13.1 Å². The van der Waals surface area contributed by atoms with Gasteiger partial charge in [0, 0.05) is 13.0 Å². The van der Waals surface area contributed by atoms with E-state index in [0.717, 1.165) is 24.5 Å². The number of amides is 1. The quantitative estimate of drug-likeness (QED) is 0.810. The number of hydrogen-bond acceptors (Lipinski definition) is 5. The van der Waals surface area contributed by atoms with Crippen LogP contribution in [0.2, 0.25) is 0 Å². The second-order valence-electron chi connectivity index (χ2n) is 6.72. The zero-order valence-corrected chi connectivity index (χ0v) is 15.9. The third-order valence-corrected chi connectivity index (χ3v) is 4.69. The molecule has 0 aliphatic carbocycles. The molecule has 0 radical (unpaired) electrons. The third-order valence-electron chi connectivity index (χ3n) is 4.69. The average Bonchev–Trinajstić information content (AvgIpc) is 3.03. The van der Waals surface area contributed by atoms with Gasteiger partial charge in [0.1, 0.15) is 11.9 Å². The van der Waals surface area contributed by atoms with Gasteiger partial charge < -0.3 is 20.3 Å². The van der Waals surface area contributed by atoms with Crippen LogP contribution in [0.1, 0.15) is 37.1 Å². The molecule has 142 valence electrons. The van der Waals surface area contributed by atoms with Gasteiger partial charge in [-0.15, -0.1) is 22.6 Å². The number of carbonyl (C=O) groups excluding carboxylic acids is 1. The number of aromatic nitrogens is 3. The molecule has 0 saturated heterocycles. The highest BCUT2D eigenvalue weighted by atomic mass is 35.5. The number of nitrogens with two attached hydrogens (primary N) is 1. The molecule has 1 aliphatic rings. The Labute approximate surface area is 159 Å². The molecular formula is C18H26ClN5O2. The van der Waals surface area contributed by atoms with Crippen molar-refractivity contribution in [1.29, 1.82) is 0 Å². The van der Waals surface area contributed by atoms with Crippen LogP contribution in [0.25, 0.3) is 0 Å². The fourth-order valence-corrected chi connectivity index (χ4v) is 3.27. The van der Waals surface area contributed by atoms with Crippen LogP contribution in [0.15, 0.2) is 30.3 Å². The molecule has 8 heteroatoms. The molecule has 0 fully saturated rings. The molecule has 1 aromatic heterocycles. The number of nitrogens with zero attached hydrogens (tertiary/aromatic N) is 4. The van der Waals surface area contributed by atoms with Crippen LogP contribution in [0, 0.1) is 0 Å². The zero-order chi connectivity index (χ0) is 18.0. The van der Waals surface area contributed by atoms with E-state index in [9.17, 15) is 9.90 Å². The monoisotopic (exact) mass is 379 g/mol. The lowest BCUT2D eigenvalue weighted by Crippen LogP contribution is -2.51. The lowest BCUT2D eigenvalue weighted by atomic mass is 10.1. The maximum Gasteiger partial charge on any atom is 0.242 e. The predicted octanol–water partition coefficient (Wildman–Crippen LogP) is 1.10. The number of fused-ring (bicyclic) bond motifs is 1. The van der Waals surface area contributed by atoms with Crippen LogP contribution in [0.3, 0.4) is 0 Å². The number of aliphatic hydroxyl groups excluding tert-OH is 1. The van der Waals surface area contributed by atoms with E-state index in [2.05, 4.69) is 26.9 Å². The molecule has 7 nitrogen and oxygen atoms in total. The van der Waals surface area contributed by atoms with Gasteiger partial charge in [0.25, 0.3) is 0 Å². The van der Waals surface area contributed by atoms with Gasteiger partial charge in [-0.1, -0.05) is 30.3 Å². The van der Waals surface area contributed by atoms with Gasteiger partial charge in [-0.3, -0.25) is 4.79 Å². The van der Waals surface area contributed by atoms with E-state index in [1.54, 1.807) is 4.90 Å². The Balaban J connectivity index is 0.00000243. The average molecular weight is 380 g/mol. The summed E-state index contributed by atoms with van der Waals surface area (Å²) in [5.41, 5.74) is 7.06. The van der Waals surface area contributed by atoms with Gasteiger partial charge in [0.05, 0.1) is 18.7 Å². The Morgan fingerprint density at radius 1 is 1.31 bits per heavy atom. The molecule has 26 heavy (non-hydrogen) atoms. The van der Waals surface area contributed by atoms with Crippen LogP contribution in [-0.2, 0) is 24.2 Å². The van der Waals surface area contributed by atoms with Gasteiger partial charge >= 0.3 is 0 Å². The molecule has 1 aliphatic heterocycles. The molecule has 2 heterocycles. The minimum Gasteiger partial charge on any atom is -0.391 e. The van der Waals surface area contributed by atoms with E-state index in [1.807, 2.05) is 25.1 Å². The normalized spacial score (nSPS) is 18.6. The fraction of sp³-hybridized carbons (Fsp3) is 0.500. The van der Waals surface area contributed by atoms with Crippen LogP contribution in [-0.4, -0.2) is 49.4 Å². The third kappa shape index (κ3) is 4.23. The summed E-state index contributed by atoms with van der Waals surface area (Å²) in [5.74, 6) is 1.47. The van der Waals surface area contributed by atoms with Crippen molar-refractivity contribution in [2.45, 2.75) is 51.4 Å². The second kappa shape index (κ2) is 8.62. The van der Waals surface area contributed by atoms with Crippen molar-refractivity contribution in [2.24, 2.45) is 5.73 Å². The van der Waals surface area contributed by atoms with Crippen LogP contribution in [0.5, 0.6) is 0 Å². The molecule has 3 N–H and O–H groups in total. The first-order valence-electron chi connectivity index (χ1n) is 8.66. The zero-order valence-electron chi connectivity index (χ0n) is 15.1. The van der Waals surface area contributed by atoms with Gasteiger partial charge in [0.15, 0.2) is 5.82 Å². The van der Waals surface area contributed by atoms with Crippen molar-refractivity contribution < 1.29 is 9.90 Å². The molecule has 0 unspecified atom stereocenters. The molecule has 0 bridgehead atoms. The molecule has 1 aromatic carbocycles. The van der Waals surface area contributed by atoms with Crippen molar-refractivity contribution in [3.8, 4) is 0 Å². The Bertz CT molecular complexity index is 734. The van der Waals surface area contributed by atoms with E-state index in [1.165, 1.54) is 12.5 Å². The standard InChI is InChI=1S/C18H25N5O2.ClH/c1-12-10-22(18(25)17(19)13(2)24)11-16-21-20-15(23(12)16)9-8-14-6-4-3-5-7-14;/h3-7,12-13,17,24H,8-11,19H2,1-2H3;1H/t12-,13+,17-;/m0./s1. The number of hydrogen-bond donors (Lipinski definition) is 2. The van der Waals surface area contributed by atoms with Crippen molar-refractivity contribution in [3.05, 3.63) is 47.5 Å². The van der Waals surface area contributed by atoms with Crippen LogP contribution >= 0.6 is 12.4 Å². The summed E-state index contributed by atoms with van der Waals surface area (Å²) in [4.78, 5) is 14.1. The second-order valence-corrected chi connectivity index (χ2v) is 6.72. The largest absolute Gasteiger partial charge is 0.391 e. The SMILES string of the molecule is C[C@@H](O)[C@H](N)C(=O)N1Cc2nnc(CCc3ccccc3)n2[C@@H](C)C1.Cl. The van der Waals surface area contributed by atoms with Crippen molar-refractivity contribution in [2.75, 3.05) is 6.54 Å². The van der Waals surface area contributed by atoms with E-state index < -0.39 is 12.1 Å². The van der Waals surface area contributed by atoms with Gasteiger partial charge in [-0.2, -0.15) is 0 Å². The number of benzene rings is 1. The Hall–Kier alpha value is -1.96. The first-order chi connectivity index (χ1) is 12.0. The fourth-order valence-electron chi connectivity index (χ4n) is 3.27. The van der Waals surface area contributed by atoms with Crippen LogP contribution < -0.4 is 5.73 Å². The van der Waals surface area contributed by atoms with Crippen LogP contribution in [0.4, 0.5) is 0 Å². The number of aryl methyl sites for hydroxylation is 2. The number of carbonyl (C=O) groups is 1. The summed E-state index contributed by atoms with van der Waals surface area (Å²) in [6, 6.07) is 9.46. The molecule has 1 amide bonds. The highest BCUT2D eigenvalue weighted by molar-refractivity contribution is 5.85. The first-order valence-corrected chi connectivity index (χ1v) is 8.66. The van der Waals surface area contributed by atoms with Crippen molar-refractivity contribution >= 4 is 18.3 Å². The topological polar surface area (TPSA) is 97.3 Å². The molecule has 3 atom stereocenters. The van der Waals surface area contributed by atoms with Crippen molar-refractivity contribution in [3.63, 3.8) is 0 Å². The van der Waals surface area contributed by atoms with E-state index >= 15 is 0 Å². The highest BCUT2D eigenvalue weighted by Crippen LogP contribution is 2.23. The molecule has 0 spiro atoms. The number of rotatable bonds is 5. The Morgan fingerprint density at radius 3 is 2.65 bits per heavy atom. The number of halogens is 1. The minimum absolute atomic E-state index is 0. The number of aliphatic hydroxyl groups is 1. The molecule has 3 rings (SSSR count). The molecular weight excluding hydrogens is 354 g/mol. The smallest absolute Gasteiger partial charge is 0.242 e. The van der Waals surface area contributed by atoms with Gasteiger partial charge in [-0.05, 0) is 25.8 Å². The summed E-state index contributed by atoms with van der Waals surface area (Å²) in [6.45, 7) is 4.50. The summed E-state index contributed by atoms with van der Waals surface area (Å²) in [7, 11) is 0. The summed E-state index contributed by atoms with van der Waals surface area (Å²) < 4.78 is 2.13.